The molecule has 1 aliphatic heterocycles. The topological polar surface area (TPSA) is 55.8 Å². The molecule has 0 radical (unpaired) electrons. The third-order valence-electron chi connectivity index (χ3n) is 2.89. The smallest absolute Gasteiger partial charge is 0.411 e. The zero-order valence-corrected chi connectivity index (χ0v) is 11.2. The number of hydrogen-bond acceptors (Lipinski definition) is 4. The van der Waals surface area contributed by atoms with Gasteiger partial charge in [0.1, 0.15) is 13.2 Å². The average molecular weight is 297 g/mol. The normalized spacial score (nSPS) is 19.8. The Morgan fingerprint density at radius 2 is 2.05 bits per heavy atom. The molecule has 0 aromatic heterocycles. The fourth-order valence-electron chi connectivity index (χ4n) is 2.00. The van der Waals surface area contributed by atoms with Gasteiger partial charge in [0.05, 0.1) is 12.5 Å². The highest BCUT2D eigenvalue weighted by Crippen LogP contribution is 2.18. The highest BCUT2D eigenvalue weighted by atomic mass is 19.4. The van der Waals surface area contributed by atoms with E-state index in [0.29, 0.717) is 19.4 Å². The number of carbonyl (C=O) groups excluding carboxylic acids is 2. The molecule has 0 aromatic rings. The molecule has 1 saturated heterocycles. The minimum atomic E-state index is -4.45. The second-order valence-electron chi connectivity index (χ2n) is 4.54. The molecule has 1 heterocycles. The van der Waals surface area contributed by atoms with Crippen LogP contribution in [-0.4, -0.2) is 55.9 Å². The molecule has 0 aliphatic carbocycles. The van der Waals surface area contributed by atoms with Gasteiger partial charge in [-0.05, 0) is 19.8 Å². The van der Waals surface area contributed by atoms with Gasteiger partial charge in [0.15, 0.2) is 0 Å². The first-order chi connectivity index (χ1) is 9.33. The maximum atomic E-state index is 11.9. The number of alkyl halides is 3. The van der Waals surface area contributed by atoms with E-state index in [0.717, 1.165) is 0 Å². The summed E-state index contributed by atoms with van der Waals surface area (Å²) in [4.78, 5) is 24.6. The Hall–Kier alpha value is -1.31. The highest BCUT2D eigenvalue weighted by molar-refractivity contribution is 5.79. The fraction of sp³-hybridized carbons (Fsp3) is 0.833. The summed E-state index contributed by atoms with van der Waals surface area (Å²) in [6.45, 7) is 0.465. The first kappa shape index (κ1) is 16.7. The van der Waals surface area contributed by atoms with Gasteiger partial charge in [-0.2, -0.15) is 13.2 Å². The van der Waals surface area contributed by atoms with Crippen LogP contribution in [0.5, 0.6) is 0 Å². The van der Waals surface area contributed by atoms with E-state index in [1.165, 1.54) is 4.90 Å². The van der Waals surface area contributed by atoms with Crippen molar-refractivity contribution in [3.63, 3.8) is 0 Å². The van der Waals surface area contributed by atoms with Gasteiger partial charge in [-0.15, -0.1) is 0 Å². The second kappa shape index (κ2) is 7.47. The van der Waals surface area contributed by atoms with Crippen molar-refractivity contribution in [2.75, 3.05) is 32.9 Å². The Kier molecular flexibility index (Phi) is 6.25. The number of carbonyl (C=O) groups is 2. The van der Waals surface area contributed by atoms with Gasteiger partial charge >= 0.3 is 12.1 Å². The van der Waals surface area contributed by atoms with Crippen LogP contribution in [0.1, 0.15) is 19.8 Å². The molecule has 1 atom stereocenters. The molecule has 1 amide bonds. The van der Waals surface area contributed by atoms with Gasteiger partial charge < -0.3 is 14.4 Å². The van der Waals surface area contributed by atoms with E-state index >= 15 is 0 Å². The number of rotatable bonds is 5. The zero-order valence-electron chi connectivity index (χ0n) is 11.2. The van der Waals surface area contributed by atoms with Crippen molar-refractivity contribution in [2.45, 2.75) is 25.9 Å². The number of esters is 1. The first-order valence-corrected chi connectivity index (χ1v) is 6.42. The molecule has 1 aliphatic rings. The van der Waals surface area contributed by atoms with Crippen LogP contribution in [0.25, 0.3) is 0 Å². The molecular weight excluding hydrogens is 279 g/mol. The summed E-state index contributed by atoms with van der Waals surface area (Å²) < 4.78 is 44.9. The first-order valence-electron chi connectivity index (χ1n) is 6.42. The van der Waals surface area contributed by atoms with E-state index < -0.39 is 31.2 Å². The van der Waals surface area contributed by atoms with E-state index in [1.807, 2.05) is 0 Å². The van der Waals surface area contributed by atoms with E-state index in [2.05, 4.69) is 4.74 Å². The van der Waals surface area contributed by atoms with Gasteiger partial charge in [0.25, 0.3) is 0 Å². The fourth-order valence-corrected chi connectivity index (χ4v) is 2.00. The molecule has 0 spiro atoms. The number of likely N-dealkylation sites (tertiary alicyclic amines) is 1. The Morgan fingerprint density at radius 1 is 1.35 bits per heavy atom. The van der Waals surface area contributed by atoms with Crippen LogP contribution in [0.15, 0.2) is 0 Å². The van der Waals surface area contributed by atoms with E-state index in [-0.39, 0.29) is 19.1 Å². The van der Waals surface area contributed by atoms with Crippen molar-refractivity contribution in [3.05, 3.63) is 0 Å². The van der Waals surface area contributed by atoms with Crippen LogP contribution >= 0.6 is 0 Å². The lowest BCUT2D eigenvalue weighted by atomic mass is 9.98. The lowest BCUT2D eigenvalue weighted by Gasteiger charge is -2.31. The maximum Gasteiger partial charge on any atom is 0.411 e. The minimum absolute atomic E-state index is 0.174. The summed E-state index contributed by atoms with van der Waals surface area (Å²) in [6.07, 6.45) is -3.21. The predicted octanol–water partition coefficient (Wildman–Crippen LogP) is 1.37. The van der Waals surface area contributed by atoms with E-state index in [9.17, 15) is 22.8 Å². The monoisotopic (exact) mass is 297 g/mol. The molecule has 5 nitrogen and oxygen atoms in total. The van der Waals surface area contributed by atoms with Gasteiger partial charge in [-0.3, -0.25) is 9.59 Å². The van der Waals surface area contributed by atoms with Crippen molar-refractivity contribution >= 4 is 11.9 Å². The average Bonchev–Trinajstić information content (AvgIpc) is 2.37. The molecule has 8 heteroatoms. The van der Waals surface area contributed by atoms with Crippen LogP contribution in [-0.2, 0) is 19.1 Å². The Bertz CT molecular complexity index is 346. The minimum Gasteiger partial charge on any atom is -0.466 e. The Morgan fingerprint density at radius 3 is 2.65 bits per heavy atom. The molecule has 1 rings (SSSR count). The van der Waals surface area contributed by atoms with Crippen molar-refractivity contribution in [1.82, 2.24) is 4.90 Å². The number of nitrogens with zero attached hydrogens (tertiary/aromatic N) is 1. The maximum absolute atomic E-state index is 11.9. The third-order valence-corrected chi connectivity index (χ3v) is 2.89. The Balaban J connectivity index is 2.38. The van der Waals surface area contributed by atoms with Gasteiger partial charge in [-0.1, -0.05) is 0 Å². The predicted molar refractivity (Wildman–Crippen MR) is 62.8 cm³/mol. The molecule has 0 saturated carbocycles. The number of piperidine rings is 1. The van der Waals surface area contributed by atoms with Crippen LogP contribution in [0, 0.1) is 5.92 Å². The van der Waals surface area contributed by atoms with Crippen LogP contribution in [0.4, 0.5) is 13.2 Å². The molecular formula is C12H18F3NO4. The lowest BCUT2D eigenvalue weighted by Crippen LogP contribution is -2.44. The highest BCUT2D eigenvalue weighted by Gasteiger charge is 2.31. The SMILES string of the molecule is CCOC(=O)[C@H]1CCCN(C(=O)COCC(F)(F)F)C1. The van der Waals surface area contributed by atoms with Crippen molar-refractivity contribution in [1.29, 1.82) is 0 Å². The molecule has 0 unspecified atom stereocenters. The largest absolute Gasteiger partial charge is 0.466 e. The quantitative estimate of drug-likeness (QED) is 0.719. The summed E-state index contributed by atoms with van der Waals surface area (Å²) in [7, 11) is 0. The van der Waals surface area contributed by atoms with Crippen LogP contribution in [0.3, 0.4) is 0 Å². The molecule has 0 N–H and O–H groups in total. The molecule has 1 fully saturated rings. The summed E-state index contributed by atoms with van der Waals surface area (Å²) in [5.41, 5.74) is 0. The molecule has 0 aromatic carbocycles. The van der Waals surface area contributed by atoms with Crippen LogP contribution < -0.4 is 0 Å². The van der Waals surface area contributed by atoms with Gasteiger partial charge in [-0.25, -0.2) is 0 Å². The third kappa shape index (κ3) is 5.77. The number of ether oxygens (including phenoxy) is 2. The van der Waals surface area contributed by atoms with E-state index in [4.69, 9.17) is 4.74 Å². The second-order valence-corrected chi connectivity index (χ2v) is 4.54. The lowest BCUT2D eigenvalue weighted by molar-refractivity contribution is -0.178. The van der Waals surface area contributed by atoms with Crippen molar-refractivity contribution in [3.8, 4) is 0 Å². The molecule has 116 valence electrons. The van der Waals surface area contributed by atoms with Gasteiger partial charge in [0, 0.05) is 13.1 Å². The number of halogens is 3. The molecule has 20 heavy (non-hydrogen) atoms. The standard InChI is InChI=1S/C12H18F3NO4/c1-2-20-11(18)9-4-3-5-16(6-9)10(17)7-19-8-12(13,14)15/h9H,2-8H2,1H3/t9-/m0/s1. The summed E-state index contributed by atoms with van der Waals surface area (Å²) in [5.74, 6) is -1.32. The van der Waals surface area contributed by atoms with Gasteiger partial charge in [0.2, 0.25) is 5.91 Å². The molecule has 0 bridgehead atoms. The summed E-state index contributed by atoms with van der Waals surface area (Å²) >= 11 is 0. The summed E-state index contributed by atoms with van der Waals surface area (Å²) in [6, 6.07) is 0. The number of hydrogen-bond donors (Lipinski definition) is 0. The zero-order chi connectivity index (χ0) is 15.2. The van der Waals surface area contributed by atoms with Crippen molar-refractivity contribution in [2.24, 2.45) is 5.92 Å². The van der Waals surface area contributed by atoms with E-state index in [1.54, 1.807) is 6.92 Å². The van der Waals surface area contributed by atoms with Crippen LogP contribution in [0.2, 0.25) is 0 Å². The Labute approximate surface area is 115 Å². The number of amides is 1. The van der Waals surface area contributed by atoms with Crippen molar-refractivity contribution < 1.29 is 32.2 Å². The summed E-state index contributed by atoms with van der Waals surface area (Å²) in [5, 5.41) is 0.